The summed E-state index contributed by atoms with van der Waals surface area (Å²) in [6.07, 6.45) is 1.96. The largest absolute Gasteiger partial charge is 0.352 e. The number of benzene rings is 1. The smallest absolute Gasteiger partial charge is 0.252 e. The first-order valence-corrected chi connectivity index (χ1v) is 7.38. The molecule has 1 aromatic carbocycles. The van der Waals surface area contributed by atoms with Crippen LogP contribution in [0.15, 0.2) is 23.1 Å². The van der Waals surface area contributed by atoms with Gasteiger partial charge in [-0.2, -0.15) is 0 Å². The van der Waals surface area contributed by atoms with E-state index >= 15 is 0 Å². The normalized spacial score (nSPS) is 10.4. The summed E-state index contributed by atoms with van der Waals surface area (Å²) >= 11 is 1.58. The number of thioether (sulfide) groups is 1. The molecule has 0 saturated carbocycles. The van der Waals surface area contributed by atoms with Gasteiger partial charge in [0.05, 0.1) is 6.54 Å². The molecule has 0 heterocycles. The molecule has 0 unspecified atom stereocenters. The Labute approximate surface area is 118 Å². The predicted octanol–water partition coefficient (Wildman–Crippen LogP) is 1.97. The minimum atomic E-state index is -0.215. The van der Waals surface area contributed by atoms with Crippen molar-refractivity contribution >= 4 is 23.6 Å². The van der Waals surface area contributed by atoms with Gasteiger partial charge in [-0.15, -0.1) is 11.8 Å². The lowest BCUT2D eigenvalue weighted by Crippen LogP contribution is -2.39. The van der Waals surface area contributed by atoms with Crippen molar-refractivity contribution in [3.63, 3.8) is 0 Å². The van der Waals surface area contributed by atoms with Crippen LogP contribution in [0.4, 0.5) is 0 Å². The van der Waals surface area contributed by atoms with Gasteiger partial charge in [-0.05, 0) is 44.7 Å². The van der Waals surface area contributed by atoms with Crippen LogP contribution in [0.2, 0.25) is 0 Å². The number of amides is 2. The van der Waals surface area contributed by atoms with Gasteiger partial charge in [0.1, 0.15) is 0 Å². The molecular formula is C14H20N2O2S. The summed E-state index contributed by atoms with van der Waals surface area (Å²) in [6, 6.07) is 5.80. The number of hydrogen-bond donors (Lipinski definition) is 2. The van der Waals surface area contributed by atoms with Crippen LogP contribution in [0.1, 0.15) is 29.8 Å². The van der Waals surface area contributed by atoms with Gasteiger partial charge in [0, 0.05) is 16.5 Å². The number of carbonyl (C=O) groups is 2. The molecule has 0 radical (unpaired) electrons. The third-order valence-corrected chi connectivity index (χ3v) is 3.27. The first kappa shape index (κ1) is 15.6. The van der Waals surface area contributed by atoms with Crippen LogP contribution in [0.5, 0.6) is 0 Å². The van der Waals surface area contributed by atoms with E-state index < -0.39 is 0 Å². The number of hydrogen-bond acceptors (Lipinski definition) is 3. The van der Waals surface area contributed by atoms with Crippen LogP contribution in [0.25, 0.3) is 0 Å². The molecule has 104 valence electrons. The molecule has 0 bridgehead atoms. The minimum Gasteiger partial charge on any atom is -0.352 e. The van der Waals surface area contributed by atoms with Crippen molar-refractivity contribution in [2.45, 2.75) is 31.7 Å². The monoisotopic (exact) mass is 280 g/mol. The van der Waals surface area contributed by atoms with Crippen molar-refractivity contribution in [3.05, 3.63) is 29.3 Å². The second-order valence-electron chi connectivity index (χ2n) is 4.59. The van der Waals surface area contributed by atoms with Crippen LogP contribution in [-0.2, 0) is 4.79 Å². The van der Waals surface area contributed by atoms with Gasteiger partial charge in [0.2, 0.25) is 5.91 Å². The van der Waals surface area contributed by atoms with Crippen LogP contribution < -0.4 is 10.6 Å². The Kier molecular flexibility index (Phi) is 5.89. The van der Waals surface area contributed by atoms with E-state index in [1.165, 1.54) is 0 Å². The van der Waals surface area contributed by atoms with Crippen LogP contribution in [0.3, 0.4) is 0 Å². The van der Waals surface area contributed by atoms with Gasteiger partial charge in [0.15, 0.2) is 0 Å². The van der Waals surface area contributed by atoms with Gasteiger partial charge in [0.25, 0.3) is 5.91 Å². The Morgan fingerprint density at radius 2 is 2.00 bits per heavy atom. The third kappa shape index (κ3) is 4.95. The maximum absolute atomic E-state index is 12.0. The minimum absolute atomic E-state index is 0.0000508. The highest BCUT2D eigenvalue weighted by Crippen LogP contribution is 2.18. The second kappa shape index (κ2) is 7.19. The molecule has 0 aromatic heterocycles. The number of rotatable bonds is 5. The summed E-state index contributed by atoms with van der Waals surface area (Å²) in [5, 5.41) is 5.36. The van der Waals surface area contributed by atoms with Gasteiger partial charge in [-0.3, -0.25) is 9.59 Å². The lowest BCUT2D eigenvalue weighted by Gasteiger charge is -2.11. The fraction of sp³-hybridized carbons (Fsp3) is 0.429. The Balaban J connectivity index is 2.65. The average Bonchev–Trinajstić information content (AvgIpc) is 2.35. The molecular weight excluding hydrogens is 260 g/mol. The maximum Gasteiger partial charge on any atom is 0.252 e. The van der Waals surface area contributed by atoms with E-state index in [1.807, 2.05) is 45.2 Å². The predicted molar refractivity (Wildman–Crippen MR) is 78.6 cm³/mol. The molecule has 0 spiro atoms. The fourth-order valence-corrected chi connectivity index (χ4v) is 2.04. The molecule has 2 N–H and O–H groups in total. The quantitative estimate of drug-likeness (QED) is 0.811. The van der Waals surface area contributed by atoms with Crippen LogP contribution in [0, 0.1) is 6.92 Å². The van der Waals surface area contributed by atoms with Crippen LogP contribution in [-0.4, -0.2) is 30.7 Å². The average molecular weight is 280 g/mol. The van der Waals surface area contributed by atoms with E-state index in [2.05, 4.69) is 10.6 Å². The van der Waals surface area contributed by atoms with Crippen molar-refractivity contribution in [2.24, 2.45) is 0 Å². The molecule has 5 heteroatoms. The zero-order chi connectivity index (χ0) is 14.4. The SMILES string of the molecule is CSc1ccc(C)c(C(=O)NCC(=O)NC(C)C)c1. The summed E-state index contributed by atoms with van der Waals surface area (Å²) in [4.78, 5) is 24.5. The molecule has 1 aromatic rings. The first-order valence-electron chi connectivity index (χ1n) is 6.16. The highest BCUT2D eigenvalue weighted by atomic mass is 32.2. The Morgan fingerprint density at radius 1 is 1.32 bits per heavy atom. The molecule has 0 aliphatic carbocycles. The molecule has 0 fully saturated rings. The maximum atomic E-state index is 12.0. The Morgan fingerprint density at radius 3 is 2.58 bits per heavy atom. The number of carbonyl (C=O) groups excluding carboxylic acids is 2. The molecule has 1 rings (SSSR count). The van der Waals surface area contributed by atoms with Crippen molar-refractivity contribution < 1.29 is 9.59 Å². The van der Waals surface area contributed by atoms with E-state index in [0.29, 0.717) is 5.56 Å². The van der Waals surface area contributed by atoms with Crippen molar-refractivity contribution in [1.82, 2.24) is 10.6 Å². The molecule has 2 amide bonds. The highest BCUT2D eigenvalue weighted by molar-refractivity contribution is 7.98. The van der Waals surface area contributed by atoms with Crippen LogP contribution >= 0.6 is 11.8 Å². The zero-order valence-corrected chi connectivity index (χ0v) is 12.6. The fourth-order valence-electron chi connectivity index (χ4n) is 1.60. The lowest BCUT2D eigenvalue weighted by atomic mass is 10.1. The van der Waals surface area contributed by atoms with Gasteiger partial charge in [-0.25, -0.2) is 0 Å². The molecule has 0 saturated heterocycles. The van der Waals surface area contributed by atoms with Gasteiger partial charge < -0.3 is 10.6 Å². The van der Waals surface area contributed by atoms with Crippen molar-refractivity contribution in [1.29, 1.82) is 0 Å². The van der Waals surface area contributed by atoms with E-state index in [-0.39, 0.29) is 24.4 Å². The van der Waals surface area contributed by atoms with Gasteiger partial charge in [-0.1, -0.05) is 6.07 Å². The standard InChI is InChI=1S/C14H20N2O2S/c1-9(2)16-13(17)8-15-14(18)12-7-11(19-4)6-5-10(12)3/h5-7,9H,8H2,1-4H3,(H,15,18)(H,16,17). The Bertz CT molecular complexity index is 473. The lowest BCUT2D eigenvalue weighted by molar-refractivity contribution is -0.120. The number of nitrogens with one attached hydrogen (secondary N) is 2. The summed E-state index contributed by atoms with van der Waals surface area (Å²) in [6.45, 7) is 5.64. The van der Waals surface area contributed by atoms with Crippen molar-refractivity contribution in [2.75, 3.05) is 12.8 Å². The molecule has 0 atom stereocenters. The van der Waals surface area contributed by atoms with E-state index in [0.717, 1.165) is 10.5 Å². The summed E-state index contributed by atoms with van der Waals surface area (Å²) in [5.74, 6) is -0.394. The molecule has 19 heavy (non-hydrogen) atoms. The summed E-state index contributed by atoms with van der Waals surface area (Å²) < 4.78 is 0. The Hall–Kier alpha value is -1.49. The molecule has 0 aliphatic heterocycles. The second-order valence-corrected chi connectivity index (χ2v) is 5.47. The molecule has 0 aliphatic rings. The molecule has 4 nitrogen and oxygen atoms in total. The van der Waals surface area contributed by atoms with E-state index in [9.17, 15) is 9.59 Å². The van der Waals surface area contributed by atoms with Crippen molar-refractivity contribution in [3.8, 4) is 0 Å². The van der Waals surface area contributed by atoms with E-state index in [1.54, 1.807) is 11.8 Å². The summed E-state index contributed by atoms with van der Waals surface area (Å²) in [5.41, 5.74) is 1.52. The number of aryl methyl sites for hydroxylation is 1. The van der Waals surface area contributed by atoms with E-state index in [4.69, 9.17) is 0 Å². The topological polar surface area (TPSA) is 58.2 Å². The zero-order valence-electron chi connectivity index (χ0n) is 11.7. The first-order chi connectivity index (χ1) is 8.93. The van der Waals surface area contributed by atoms with Gasteiger partial charge >= 0.3 is 0 Å². The third-order valence-electron chi connectivity index (χ3n) is 2.55. The summed E-state index contributed by atoms with van der Waals surface area (Å²) in [7, 11) is 0. The highest BCUT2D eigenvalue weighted by Gasteiger charge is 2.11.